The molecular formula is C23H22ClFN4O4. The van der Waals surface area contributed by atoms with Gasteiger partial charge in [0.15, 0.2) is 0 Å². The zero-order valence-electron chi connectivity index (χ0n) is 17.7. The van der Waals surface area contributed by atoms with E-state index in [2.05, 4.69) is 20.6 Å². The van der Waals surface area contributed by atoms with Crippen LogP contribution in [0.15, 0.2) is 54.7 Å². The van der Waals surface area contributed by atoms with Crippen LogP contribution in [-0.2, 0) is 17.6 Å². The SMILES string of the molecule is CNc1cccc(CCOc2ccc(C[C@H](NC(=O)c3ccc(F)cc3Cl)C(=O)O)cn2)n1. The number of ether oxygens (including phenoxy) is 1. The standard InChI is InChI=1S/C23H22ClFN4O4/c1-26-20-4-2-3-16(28-20)9-10-33-21-8-5-14(13-27-21)11-19(23(31)32)29-22(30)17-7-6-15(25)12-18(17)24/h2-8,12-13,19H,9-11H2,1H3,(H,26,28)(H,29,30)(H,31,32)/t19-/m0/s1. The van der Waals surface area contributed by atoms with Gasteiger partial charge < -0.3 is 20.5 Å². The Kier molecular flexibility index (Phi) is 8.15. The van der Waals surface area contributed by atoms with Gasteiger partial charge in [0.05, 0.1) is 17.2 Å². The second-order valence-corrected chi connectivity index (χ2v) is 7.47. The van der Waals surface area contributed by atoms with Gasteiger partial charge in [-0.2, -0.15) is 0 Å². The number of hydrogen-bond donors (Lipinski definition) is 3. The van der Waals surface area contributed by atoms with E-state index >= 15 is 0 Å². The molecule has 8 nitrogen and oxygen atoms in total. The van der Waals surface area contributed by atoms with E-state index in [4.69, 9.17) is 16.3 Å². The van der Waals surface area contributed by atoms with Crippen LogP contribution in [0.5, 0.6) is 5.88 Å². The third-order valence-electron chi connectivity index (χ3n) is 4.69. The minimum atomic E-state index is -1.22. The van der Waals surface area contributed by atoms with E-state index in [1.807, 2.05) is 18.2 Å². The quantitative estimate of drug-likeness (QED) is 0.414. The van der Waals surface area contributed by atoms with Crippen LogP contribution >= 0.6 is 11.6 Å². The lowest BCUT2D eigenvalue weighted by Gasteiger charge is -2.15. The van der Waals surface area contributed by atoms with Crippen molar-refractivity contribution in [3.05, 3.63) is 82.4 Å². The van der Waals surface area contributed by atoms with Gasteiger partial charge in [-0.3, -0.25) is 4.79 Å². The summed E-state index contributed by atoms with van der Waals surface area (Å²) in [5.74, 6) is -1.37. The lowest BCUT2D eigenvalue weighted by Crippen LogP contribution is -2.42. The van der Waals surface area contributed by atoms with Crippen molar-refractivity contribution in [1.29, 1.82) is 0 Å². The largest absolute Gasteiger partial charge is 0.480 e. The maximum absolute atomic E-state index is 13.2. The predicted molar refractivity (Wildman–Crippen MR) is 121 cm³/mol. The van der Waals surface area contributed by atoms with Gasteiger partial charge in [-0.05, 0) is 35.9 Å². The van der Waals surface area contributed by atoms with Crippen LogP contribution < -0.4 is 15.4 Å². The second kappa shape index (κ2) is 11.2. The van der Waals surface area contributed by atoms with Crippen LogP contribution in [0.2, 0.25) is 5.02 Å². The highest BCUT2D eigenvalue weighted by atomic mass is 35.5. The summed E-state index contributed by atoms with van der Waals surface area (Å²) >= 11 is 5.88. The highest BCUT2D eigenvalue weighted by molar-refractivity contribution is 6.33. The van der Waals surface area contributed by atoms with Crippen molar-refractivity contribution in [2.45, 2.75) is 18.9 Å². The number of carboxylic acid groups (broad SMARTS) is 1. The van der Waals surface area contributed by atoms with Gasteiger partial charge in [0, 0.05) is 37.8 Å². The Labute approximate surface area is 194 Å². The number of carbonyl (C=O) groups excluding carboxylic acids is 1. The topological polar surface area (TPSA) is 113 Å². The molecule has 0 bridgehead atoms. The predicted octanol–water partition coefficient (Wildman–Crippen LogP) is 3.36. The Morgan fingerprint density at radius 2 is 2.03 bits per heavy atom. The number of amides is 1. The minimum Gasteiger partial charge on any atom is -0.480 e. The fourth-order valence-corrected chi connectivity index (χ4v) is 3.23. The van der Waals surface area contributed by atoms with Crippen LogP contribution in [-0.4, -0.2) is 46.6 Å². The molecule has 0 spiro atoms. The first-order valence-electron chi connectivity index (χ1n) is 10.1. The van der Waals surface area contributed by atoms with Crippen LogP contribution in [0.3, 0.4) is 0 Å². The molecule has 2 aromatic heterocycles. The van der Waals surface area contributed by atoms with Gasteiger partial charge in [-0.25, -0.2) is 19.2 Å². The molecule has 1 amide bonds. The van der Waals surface area contributed by atoms with E-state index in [0.29, 0.717) is 24.5 Å². The molecule has 0 aliphatic carbocycles. The van der Waals surface area contributed by atoms with Gasteiger partial charge in [0.25, 0.3) is 5.91 Å². The number of halogens is 2. The highest BCUT2D eigenvalue weighted by Crippen LogP contribution is 2.18. The number of pyridine rings is 2. The molecule has 10 heteroatoms. The number of aromatic nitrogens is 2. The maximum Gasteiger partial charge on any atom is 0.326 e. The van der Waals surface area contributed by atoms with E-state index in [-0.39, 0.29) is 17.0 Å². The number of nitrogens with one attached hydrogen (secondary N) is 2. The average molecular weight is 473 g/mol. The normalized spacial score (nSPS) is 11.5. The van der Waals surface area contributed by atoms with Gasteiger partial charge in [0.2, 0.25) is 5.88 Å². The molecule has 0 saturated heterocycles. The maximum atomic E-state index is 13.2. The van der Waals surface area contributed by atoms with E-state index < -0.39 is 23.7 Å². The molecule has 3 aromatic rings. The molecule has 0 aliphatic heterocycles. The summed E-state index contributed by atoms with van der Waals surface area (Å²) in [6, 6.07) is 11.0. The van der Waals surface area contributed by atoms with Crippen LogP contribution in [0.4, 0.5) is 10.2 Å². The molecule has 172 valence electrons. The lowest BCUT2D eigenvalue weighted by atomic mass is 10.1. The molecule has 0 saturated carbocycles. The molecular weight excluding hydrogens is 451 g/mol. The Balaban J connectivity index is 1.56. The molecule has 0 fully saturated rings. The fourth-order valence-electron chi connectivity index (χ4n) is 2.98. The molecule has 2 heterocycles. The van der Waals surface area contributed by atoms with Crippen molar-refractivity contribution < 1.29 is 23.8 Å². The van der Waals surface area contributed by atoms with Gasteiger partial charge in [-0.15, -0.1) is 0 Å². The highest BCUT2D eigenvalue weighted by Gasteiger charge is 2.22. The summed E-state index contributed by atoms with van der Waals surface area (Å²) in [6.07, 6.45) is 2.08. The van der Waals surface area contributed by atoms with Crippen molar-refractivity contribution >= 4 is 29.3 Å². The Morgan fingerprint density at radius 3 is 2.70 bits per heavy atom. The van der Waals surface area contributed by atoms with Crippen LogP contribution in [0.1, 0.15) is 21.6 Å². The number of nitrogens with zero attached hydrogens (tertiary/aromatic N) is 2. The fraction of sp³-hybridized carbons (Fsp3) is 0.217. The summed E-state index contributed by atoms with van der Waals surface area (Å²) in [4.78, 5) is 32.6. The number of hydrogen-bond acceptors (Lipinski definition) is 6. The van der Waals surface area contributed by atoms with E-state index in [9.17, 15) is 19.1 Å². The summed E-state index contributed by atoms with van der Waals surface area (Å²) < 4.78 is 18.8. The zero-order valence-corrected chi connectivity index (χ0v) is 18.5. The average Bonchev–Trinajstić information content (AvgIpc) is 2.79. The van der Waals surface area contributed by atoms with E-state index in [0.717, 1.165) is 23.6 Å². The Bertz CT molecular complexity index is 1130. The molecule has 1 atom stereocenters. The summed E-state index contributed by atoms with van der Waals surface area (Å²) in [5, 5.41) is 14.8. The molecule has 33 heavy (non-hydrogen) atoms. The smallest absolute Gasteiger partial charge is 0.326 e. The number of anilines is 1. The van der Waals surface area contributed by atoms with Crippen molar-refractivity contribution in [2.24, 2.45) is 0 Å². The van der Waals surface area contributed by atoms with E-state index in [1.54, 1.807) is 19.2 Å². The van der Waals surface area contributed by atoms with Crippen LogP contribution in [0.25, 0.3) is 0 Å². The molecule has 3 N–H and O–H groups in total. The van der Waals surface area contributed by atoms with E-state index in [1.165, 1.54) is 12.3 Å². The number of carboxylic acids is 1. The number of aliphatic carboxylic acids is 1. The minimum absolute atomic E-state index is 0.00605. The molecule has 0 unspecified atom stereocenters. The monoisotopic (exact) mass is 472 g/mol. The zero-order chi connectivity index (χ0) is 23.8. The first-order valence-corrected chi connectivity index (χ1v) is 10.4. The number of carbonyl (C=O) groups is 2. The third-order valence-corrected chi connectivity index (χ3v) is 5.00. The third kappa shape index (κ3) is 6.88. The molecule has 1 aromatic carbocycles. The van der Waals surface area contributed by atoms with Gasteiger partial charge in [-0.1, -0.05) is 23.7 Å². The van der Waals surface area contributed by atoms with Crippen molar-refractivity contribution in [1.82, 2.24) is 15.3 Å². The summed E-state index contributed by atoms with van der Waals surface area (Å²) in [5.41, 5.74) is 1.45. The van der Waals surface area contributed by atoms with Crippen molar-refractivity contribution in [2.75, 3.05) is 19.0 Å². The molecule has 0 aliphatic rings. The van der Waals surface area contributed by atoms with Gasteiger partial charge >= 0.3 is 5.97 Å². The Morgan fingerprint density at radius 1 is 1.21 bits per heavy atom. The first kappa shape index (κ1) is 23.9. The van der Waals surface area contributed by atoms with Gasteiger partial charge in [0.1, 0.15) is 17.7 Å². The molecule has 3 rings (SSSR count). The summed E-state index contributed by atoms with van der Waals surface area (Å²) in [7, 11) is 1.80. The Hall–Kier alpha value is -3.72. The number of rotatable bonds is 10. The lowest BCUT2D eigenvalue weighted by molar-refractivity contribution is -0.139. The molecule has 0 radical (unpaired) electrons. The van der Waals surface area contributed by atoms with Crippen molar-refractivity contribution in [3.63, 3.8) is 0 Å². The summed E-state index contributed by atoms with van der Waals surface area (Å²) in [6.45, 7) is 0.374. The second-order valence-electron chi connectivity index (χ2n) is 7.06. The van der Waals surface area contributed by atoms with Crippen LogP contribution in [0, 0.1) is 5.82 Å². The first-order chi connectivity index (χ1) is 15.9. The van der Waals surface area contributed by atoms with Crippen molar-refractivity contribution in [3.8, 4) is 5.88 Å². The number of benzene rings is 1.